The molecular formula is C12H22N2O5S2. The molecule has 0 saturated heterocycles. The number of sulfonamides is 1. The van der Waals surface area contributed by atoms with Gasteiger partial charge in [0.15, 0.2) is 0 Å². The highest BCUT2D eigenvalue weighted by atomic mass is 32.2. The molecule has 0 aromatic carbocycles. The number of hydrogen-bond donors (Lipinski definition) is 2. The topological polar surface area (TPSA) is 97.6 Å². The molecule has 0 aliphatic carbocycles. The van der Waals surface area contributed by atoms with Crippen molar-refractivity contribution in [2.45, 2.75) is 18.6 Å². The standard InChI is InChI=1S/C12H22N2O5S2/c1-3-20(15)9-7-14-21(16,17)12-5-4-11(19-12)10-13-6-8-18-2/h4-5,13-14H,3,6-10H2,1-2H3. The van der Waals surface area contributed by atoms with Gasteiger partial charge in [-0.2, -0.15) is 0 Å². The van der Waals surface area contributed by atoms with Crippen LogP contribution in [0.15, 0.2) is 21.6 Å². The third-order valence-electron chi connectivity index (χ3n) is 2.63. The Bertz CT molecular complexity index is 542. The van der Waals surface area contributed by atoms with Gasteiger partial charge >= 0.3 is 0 Å². The van der Waals surface area contributed by atoms with E-state index in [4.69, 9.17) is 9.15 Å². The molecule has 9 heteroatoms. The van der Waals surface area contributed by atoms with Crippen LogP contribution in [0.3, 0.4) is 0 Å². The molecule has 122 valence electrons. The first kappa shape index (κ1) is 18.3. The molecule has 2 N–H and O–H groups in total. The predicted octanol–water partition coefficient (Wildman–Crippen LogP) is 0.0625. The lowest BCUT2D eigenvalue weighted by Gasteiger charge is -2.04. The van der Waals surface area contributed by atoms with Gasteiger partial charge in [-0.05, 0) is 12.1 Å². The molecule has 1 unspecified atom stereocenters. The van der Waals surface area contributed by atoms with Crippen LogP contribution in [0.5, 0.6) is 0 Å². The highest BCUT2D eigenvalue weighted by Gasteiger charge is 2.18. The second kappa shape index (κ2) is 9.31. The number of furan rings is 1. The fourth-order valence-electron chi connectivity index (χ4n) is 1.49. The van der Waals surface area contributed by atoms with Crippen LogP contribution in [-0.4, -0.2) is 50.9 Å². The van der Waals surface area contributed by atoms with E-state index in [2.05, 4.69) is 10.0 Å². The third kappa shape index (κ3) is 6.70. The van der Waals surface area contributed by atoms with E-state index in [9.17, 15) is 12.6 Å². The van der Waals surface area contributed by atoms with Crippen molar-refractivity contribution in [3.8, 4) is 0 Å². The van der Waals surface area contributed by atoms with Crippen LogP contribution in [0.25, 0.3) is 0 Å². The lowest BCUT2D eigenvalue weighted by Crippen LogP contribution is -2.28. The summed E-state index contributed by atoms with van der Waals surface area (Å²) in [6.45, 7) is 3.58. The average Bonchev–Trinajstić information content (AvgIpc) is 2.93. The van der Waals surface area contributed by atoms with Crippen molar-refractivity contribution in [3.63, 3.8) is 0 Å². The zero-order valence-corrected chi connectivity index (χ0v) is 13.9. The fraction of sp³-hybridized carbons (Fsp3) is 0.667. The van der Waals surface area contributed by atoms with Crippen molar-refractivity contribution in [1.29, 1.82) is 0 Å². The minimum absolute atomic E-state index is 0.130. The van der Waals surface area contributed by atoms with E-state index in [0.717, 1.165) is 0 Å². The summed E-state index contributed by atoms with van der Waals surface area (Å²) < 4.78 is 47.7. The molecule has 0 saturated carbocycles. The van der Waals surface area contributed by atoms with Gasteiger partial charge < -0.3 is 14.5 Å². The maximum atomic E-state index is 11.9. The number of ether oxygens (including phenoxy) is 1. The summed E-state index contributed by atoms with van der Waals surface area (Å²) in [5, 5.41) is 2.93. The minimum Gasteiger partial charge on any atom is -0.447 e. The summed E-state index contributed by atoms with van der Waals surface area (Å²) in [4.78, 5) is 0. The lowest BCUT2D eigenvalue weighted by molar-refractivity contribution is 0.198. The molecular weight excluding hydrogens is 316 g/mol. The second-order valence-electron chi connectivity index (χ2n) is 4.22. The monoisotopic (exact) mass is 338 g/mol. The number of rotatable bonds is 11. The highest BCUT2D eigenvalue weighted by molar-refractivity contribution is 7.89. The van der Waals surface area contributed by atoms with Crippen LogP contribution in [0, 0.1) is 0 Å². The van der Waals surface area contributed by atoms with E-state index in [0.29, 0.717) is 37.0 Å². The van der Waals surface area contributed by atoms with Crippen molar-refractivity contribution < 1.29 is 21.8 Å². The largest absolute Gasteiger partial charge is 0.447 e. The van der Waals surface area contributed by atoms with Gasteiger partial charge in [-0.1, -0.05) is 6.92 Å². The Morgan fingerprint density at radius 1 is 1.33 bits per heavy atom. The Labute approximate surface area is 127 Å². The van der Waals surface area contributed by atoms with Crippen molar-refractivity contribution in [2.75, 3.05) is 38.3 Å². The molecule has 0 aliphatic heterocycles. The van der Waals surface area contributed by atoms with Crippen molar-refractivity contribution in [1.82, 2.24) is 10.0 Å². The van der Waals surface area contributed by atoms with Gasteiger partial charge in [0.1, 0.15) is 5.76 Å². The number of methoxy groups -OCH3 is 1. The van der Waals surface area contributed by atoms with Gasteiger partial charge in [0, 0.05) is 42.5 Å². The van der Waals surface area contributed by atoms with Crippen LogP contribution in [0.4, 0.5) is 0 Å². The summed E-state index contributed by atoms with van der Waals surface area (Å²) in [5.41, 5.74) is 0. The quantitative estimate of drug-likeness (QED) is 0.554. The molecule has 0 amide bonds. The predicted molar refractivity (Wildman–Crippen MR) is 81.0 cm³/mol. The number of nitrogens with one attached hydrogen (secondary N) is 2. The molecule has 1 heterocycles. The molecule has 7 nitrogen and oxygen atoms in total. The van der Waals surface area contributed by atoms with Crippen molar-refractivity contribution in [2.24, 2.45) is 0 Å². The first-order chi connectivity index (χ1) is 9.99. The normalized spacial score (nSPS) is 13.4. The Balaban J connectivity index is 2.48. The van der Waals surface area contributed by atoms with Crippen LogP contribution in [-0.2, 0) is 32.1 Å². The summed E-state index contributed by atoms with van der Waals surface area (Å²) in [7, 11) is -3.07. The van der Waals surface area contributed by atoms with Crippen LogP contribution in [0.1, 0.15) is 12.7 Å². The Morgan fingerprint density at radius 3 is 2.76 bits per heavy atom. The Morgan fingerprint density at radius 2 is 2.10 bits per heavy atom. The van der Waals surface area contributed by atoms with Gasteiger partial charge in [0.05, 0.1) is 13.2 Å². The first-order valence-electron chi connectivity index (χ1n) is 6.62. The van der Waals surface area contributed by atoms with E-state index < -0.39 is 20.8 Å². The summed E-state index contributed by atoms with van der Waals surface area (Å²) in [6.07, 6.45) is 0. The number of hydrogen-bond acceptors (Lipinski definition) is 6. The molecule has 1 aromatic rings. The molecule has 0 spiro atoms. The van der Waals surface area contributed by atoms with Crippen LogP contribution < -0.4 is 10.0 Å². The smallest absolute Gasteiger partial charge is 0.273 e. The van der Waals surface area contributed by atoms with E-state index in [1.165, 1.54) is 6.07 Å². The second-order valence-corrected chi connectivity index (χ2v) is 7.78. The zero-order valence-electron chi connectivity index (χ0n) is 12.3. The van der Waals surface area contributed by atoms with Crippen LogP contribution in [0.2, 0.25) is 0 Å². The highest BCUT2D eigenvalue weighted by Crippen LogP contribution is 2.13. The first-order valence-corrected chi connectivity index (χ1v) is 9.59. The van der Waals surface area contributed by atoms with E-state index >= 15 is 0 Å². The summed E-state index contributed by atoms with van der Waals surface area (Å²) in [5.74, 6) is 1.34. The van der Waals surface area contributed by atoms with E-state index in [-0.39, 0.29) is 11.6 Å². The molecule has 0 radical (unpaired) electrons. The van der Waals surface area contributed by atoms with Crippen LogP contribution >= 0.6 is 0 Å². The molecule has 1 aromatic heterocycles. The zero-order chi connectivity index (χ0) is 15.7. The minimum atomic E-state index is -3.68. The molecule has 1 rings (SSSR count). The molecule has 0 bridgehead atoms. The van der Waals surface area contributed by atoms with Gasteiger partial charge in [-0.15, -0.1) is 0 Å². The van der Waals surface area contributed by atoms with Crippen molar-refractivity contribution in [3.05, 3.63) is 17.9 Å². The average molecular weight is 338 g/mol. The van der Waals surface area contributed by atoms with Gasteiger partial charge in [0.25, 0.3) is 10.0 Å². The van der Waals surface area contributed by atoms with E-state index in [1.54, 1.807) is 20.1 Å². The lowest BCUT2D eigenvalue weighted by atomic mass is 10.4. The summed E-state index contributed by atoms with van der Waals surface area (Å²) in [6, 6.07) is 3.02. The molecule has 1 atom stereocenters. The summed E-state index contributed by atoms with van der Waals surface area (Å²) >= 11 is 0. The maximum Gasteiger partial charge on any atom is 0.273 e. The fourth-order valence-corrected chi connectivity index (χ4v) is 3.21. The molecule has 0 fully saturated rings. The van der Waals surface area contributed by atoms with Gasteiger partial charge in [-0.25, -0.2) is 13.1 Å². The third-order valence-corrected chi connectivity index (χ3v) is 5.26. The van der Waals surface area contributed by atoms with Gasteiger partial charge in [0.2, 0.25) is 5.09 Å². The molecule has 21 heavy (non-hydrogen) atoms. The van der Waals surface area contributed by atoms with E-state index in [1.807, 2.05) is 0 Å². The van der Waals surface area contributed by atoms with Crippen molar-refractivity contribution >= 4 is 20.8 Å². The molecule has 0 aliphatic rings. The Hall–Kier alpha value is -0.740. The Kier molecular flexibility index (Phi) is 8.12. The maximum absolute atomic E-state index is 11.9. The SMILES string of the molecule is CCS(=O)CCNS(=O)(=O)c1ccc(CNCCOC)o1. The van der Waals surface area contributed by atoms with Gasteiger partial charge in [-0.3, -0.25) is 4.21 Å².